The Labute approximate surface area is 122 Å². The van der Waals surface area contributed by atoms with Crippen LogP contribution in [0.2, 0.25) is 0 Å². The monoisotopic (exact) mass is 287 g/mol. The van der Waals surface area contributed by atoms with Gasteiger partial charge < -0.3 is 10.2 Å². The number of nitrogens with one attached hydrogen (secondary N) is 1. The third kappa shape index (κ3) is 2.82. The highest BCUT2D eigenvalue weighted by atomic mass is 32.1. The molecule has 0 aromatic carbocycles. The van der Waals surface area contributed by atoms with Crippen molar-refractivity contribution in [1.29, 1.82) is 0 Å². The van der Waals surface area contributed by atoms with Crippen molar-refractivity contribution >= 4 is 17.4 Å². The highest BCUT2D eigenvalue weighted by molar-refractivity contribution is 7.10. The second kappa shape index (κ2) is 6.05. The summed E-state index contributed by atoms with van der Waals surface area (Å²) >= 11 is 1.72. The first-order chi connectivity index (χ1) is 9.84. The molecule has 0 saturated carbocycles. The Morgan fingerprint density at radius 3 is 3.10 bits per heavy atom. The summed E-state index contributed by atoms with van der Waals surface area (Å²) in [5.41, 5.74) is 0.882. The summed E-state index contributed by atoms with van der Waals surface area (Å²) in [5, 5.41) is 5.03. The van der Waals surface area contributed by atoms with Gasteiger partial charge in [0, 0.05) is 17.6 Å². The van der Waals surface area contributed by atoms with Gasteiger partial charge in [-0.05, 0) is 36.4 Å². The van der Waals surface area contributed by atoms with Crippen LogP contribution in [0.3, 0.4) is 0 Å². The molecule has 0 unspecified atom stereocenters. The minimum atomic E-state index is 0.00607. The molecule has 0 spiro atoms. The van der Waals surface area contributed by atoms with Crippen LogP contribution >= 0.6 is 11.3 Å². The van der Waals surface area contributed by atoms with Crippen LogP contribution in [0.4, 0.5) is 4.79 Å². The van der Waals surface area contributed by atoms with Gasteiger partial charge in [-0.1, -0.05) is 12.1 Å². The van der Waals surface area contributed by atoms with E-state index in [1.807, 2.05) is 29.2 Å². The van der Waals surface area contributed by atoms with E-state index in [1.54, 1.807) is 17.5 Å². The molecule has 1 atom stereocenters. The topological polar surface area (TPSA) is 45.2 Å². The Morgan fingerprint density at radius 1 is 1.40 bits per heavy atom. The fraction of sp³-hybridized carbons (Fsp3) is 0.333. The maximum absolute atomic E-state index is 12.3. The largest absolute Gasteiger partial charge is 0.332 e. The number of hydrogen-bond acceptors (Lipinski definition) is 3. The van der Waals surface area contributed by atoms with Crippen molar-refractivity contribution in [1.82, 2.24) is 15.2 Å². The molecule has 3 rings (SSSR count). The van der Waals surface area contributed by atoms with Crippen LogP contribution in [-0.4, -0.2) is 22.5 Å². The van der Waals surface area contributed by atoms with Gasteiger partial charge in [0.05, 0.1) is 18.3 Å². The fourth-order valence-electron chi connectivity index (χ4n) is 2.56. The van der Waals surface area contributed by atoms with Crippen LogP contribution in [0.5, 0.6) is 0 Å². The molecule has 1 aliphatic rings. The molecule has 1 saturated heterocycles. The number of rotatable bonds is 3. The number of nitrogens with zero attached hydrogens (tertiary/aromatic N) is 2. The number of aromatic nitrogens is 1. The van der Waals surface area contributed by atoms with Crippen LogP contribution < -0.4 is 5.32 Å². The number of carbonyl (C=O) groups is 1. The highest BCUT2D eigenvalue weighted by Gasteiger charge is 2.30. The molecule has 0 bridgehead atoms. The van der Waals surface area contributed by atoms with Crippen molar-refractivity contribution in [3.05, 3.63) is 52.5 Å². The number of carbonyl (C=O) groups excluding carboxylic acids is 1. The first-order valence-corrected chi connectivity index (χ1v) is 7.70. The summed E-state index contributed by atoms with van der Waals surface area (Å²) in [6.45, 7) is 1.31. The van der Waals surface area contributed by atoms with Crippen molar-refractivity contribution in [2.45, 2.75) is 25.4 Å². The van der Waals surface area contributed by atoms with Crippen molar-refractivity contribution in [3.63, 3.8) is 0 Å². The Balaban J connectivity index is 1.62. The van der Waals surface area contributed by atoms with Crippen LogP contribution in [-0.2, 0) is 6.54 Å². The molecule has 2 aromatic heterocycles. The van der Waals surface area contributed by atoms with E-state index >= 15 is 0 Å². The van der Waals surface area contributed by atoms with Gasteiger partial charge in [-0.3, -0.25) is 4.98 Å². The number of thiophene rings is 1. The van der Waals surface area contributed by atoms with E-state index in [4.69, 9.17) is 0 Å². The van der Waals surface area contributed by atoms with E-state index < -0.39 is 0 Å². The maximum Gasteiger partial charge on any atom is 0.318 e. The maximum atomic E-state index is 12.3. The number of hydrogen-bond donors (Lipinski definition) is 1. The van der Waals surface area contributed by atoms with Crippen molar-refractivity contribution < 1.29 is 4.79 Å². The Hall–Kier alpha value is -1.88. The smallest absolute Gasteiger partial charge is 0.318 e. The minimum absolute atomic E-state index is 0.00607. The highest BCUT2D eigenvalue weighted by Crippen LogP contribution is 2.34. The molecule has 20 heavy (non-hydrogen) atoms. The predicted molar refractivity (Wildman–Crippen MR) is 79.5 cm³/mol. The second-order valence-corrected chi connectivity index (χ2v) is 5.83. The average Bonchev–Trinajstić information content (AvgIpc) is 3.15. The standard InChI is InChI=1S/C15H17N3OS/c19-15(17-11-12-5-1-2-8-16-12)18-9-3-6-13(18)14-7-4-10-20-14/h1-2,4-5,7-8,10,13H,3,6,9,11H2,(H,17,19)/t13-/m1/s1. The third-order valence-corrected chi connectivity index (χ3v) is 4.51. The summed E-state index contributed by atoms with van der Waals surface area (Å²) in [4.78, 5) is 19.7. The lowest BCUT2D eigenvalue weighted by Gasteiger charge is -2.24. The summed E-state index contributed by atoms with van der Waals surface area (Å²) < 4.78 is 0. The lowest BCUT2D eigenvalue weighted by Crippen LogP contribution is -2.39. The quantitative estimate of drug-likeness (QED) is 0.942. The zero-order chi connectivity index (χ0) is 13.8. The van der Waals surface area contributed by atoms with Gasteiger partial charge in [0.2, 0.25) is 0 Å². The minimum Gasteiger partial charge on any atom is -0.332 e. The number of pyridine rings is 1. The Morgan fingerprint density at radius 2 is 2.35 bits per heavy atom. The van der Waals surface area contributed by atoms with Gasteiger partial charge in [-0.15, -0.1) is 11.3 Å². The Bertz CT molecular complexity index is 556. The SMILES string of the molecule is O=C(NCc1ccccn1)N1CCC[C@@H]1c1cccs1. The molecule has 4 nitrogen and oxygen atoms in total. The van der Waals surface area contributed by atoms with Crippen LogP contribution in [0.1, 0.15) is 29.5 Å². The van der Waals surface area contributed by atoms with Gasteiger partial charge in [-0.2, -0.15) is 0 Å². The van der Waals surface area contributed by atoms with Crippen molar-refractivity contribution in [3.8, 4) is 0 Å². The lowest BCUT2D eigenvalue weighted by molar-refractivity contribution is 0.193. The number of amides is 2. The van der Waals surface area contributed by atoms with Crippen molar-refractivity contribution in [2.75, 3.05) is 6.54 Å². The van der Waals surface area contributed by atoms with E-state index in [1.165, 1.54) is 4.88 Å². The van der Waals surface area contributed by atoms with Gasteiger partial charge >= 0.3 is 6.03 Å². The second-order valence-electron chi connectivity index (χ2n) is 4.85. The van der Waals surface area contributed by atoms with Crippen molar-refractivity contribution in [2.24, 2.45) is 0 Å². The molecular formula is C15H17N3OS. The summed E-state index contributed by atoms with van der Waals surface area (Å²) in [5.74, 6) is 0. The van der Waals surface area contributed by atoms with Crippen LogP contribution in [0.15, 0.2) is 41.9 Å². The first-order valence-electron chi connectivity index (χ1n) is 6.82. The van der Waals surface area contributed by atoms with Crippen LogP contribution in [0, 0.1) is 0 Å². The van der Waals surface area contributed by atoms with E-state index in [2.05, 4.69) is 21.7 Å². The predicted octanol–water partition coefficient (Wildman–Crippen LogP) is 3.19. The zero-order valence-electron chi connectivity index (χ0n) is 11.2. The molecule has 1 aliphatic heterocycles. The first kappa shape index (κ1) is 13.1. The average molecular weight is 287 g/mol. The lowest BCUT2D eigenvalue weighted by atomic mass is 10.2. The molecule has 5 heteroatoms. The van der Waals surface area contributed by atoms with Gasteiger partial charge in [0.25, 0.3) is 0 Å². The van der Waals surface area contributed by atoms with Crippen LogP contribution in [0.25, 0.3) is 0 Å². The normalized spacial score (nSPS) is 18.2. The molecule has 0 radical (unpaired) electrons. The Kier molecular flexibility index (Phi) is 3.97. The summed E-state index contributed by atoms with van der Waals surface area (Å²) in [6, 6.07) is 10.1. The molecule has 2 aromatic rings. The molecule has 1 N–H and O–H groups in total. The molecular weight excluding hydrogens is 270 g/mol. The number of urea groups is 1. The summed E-state index contributed by atoms with van der Waals surface area (Å²) in [7, 11) is 0. The van der Waals surface area contributed by atoms with E-state index in [9.17, 15) is 4.79 Å². The van der Waals surface area contributed by atoms with E-state index in [0.717, 1.165) is 25.1 Å². The fourth-order valence-corrected chi connectivity index (χ4v) is 3.43. The number of likely N-dealkylation sites (tertiary alicyclic amines) is 1. The molecule has 104 valence electrons. The zero-order valence-corrected chi connectivity index (χ0v) is 12.0. The summed E-state index contributed by atoms with van der Waals surface area (Å²) in [6.07, 6.45) is 3.86. The van der Waals surface area contributed by atoms with E-state index in [-0.39, 0.29) is 12.1 Å². The third-order valence-electron chi connectivity index (χ3n) is 3.53. The van der Waals surface area contributed by atoms with E-state index in [0.29, 0.717) is 6.54 Å². The molecule has 3 heterocycles. The van der Waals surface area contributed by atoms with Gasteiger partial charge in [0.1, 0.15) is 0 Å². The van der Waals surface area contributed by atoms with Gasteiger partial charge in [0.15, 0.2) is 0 Å². The molecule has 0 aliphatic carbocycles. The van der Waals surface area contributed by atoms with Gasteiger partial charge in [-0.25, -0.2) is 4.79 Å². The molecule has 2 amide bonds. The molecule has 1 fully saturated rings.